The summed E-state index contributed by atoms with van der Waals surface area (Å²) in [5.41, 5.74) is 6.46. The fourth-order valence-corrected chi connectivity index (χ4v) is 4.18. The number of aromatic nitrogens is 2. The number of halogens is 3. The van der Waals surface area contributed by atoms with Crippen LogP contribution in [0.25, 0.3) is 28.6 Å². The number of nitrogens with zero attached hydrogens (tertiary/aromatic N) is 2. The van der Waals surface area contributed by atoms with Gasteiger partial charge in [-0.05, 0) is 42.7 Å². The van der Waals surface area contributed by atoms with E-state index in [1.54, 1.807) is 12.3 Å². The van der Waals surface area contributed by atoms with Crippen LogP contribution in [0.3, 0.4) is 0 Å². The minimum Gasteiger partial charge on any atom is -0.475 e. The Kier molecular flexibility index (Phi) is 7.94. The molecule has 38 heavy (non-hydrogen) atoms. The summed E-state index contributed by atoms with van der Waals surface area (Å²) in [4.78, 5) is 42.9. The molecule has 5 rings (SSSR count). The van der Waals surface area contributed by atoms with Crippen LogP contribution in [-0.4, -0.2) is 63.6 Å². The smallest absolute Gasteiger partial charge is 0.475 e. The molecule has 2 aliphatic rings. The maximum absolute atomic E-state index is 12.2. The molecule has 1 saturated heterocycles. The normalized spacial score (nSPS) is 15.0. The SMILES string of the molecule is O=C(O)C(F)(F)F.O=C1NCCc2[nH]c(-c3ccnc(-c4ccc(/C=C/C(=O)N5CCCC5)cc4)c3)cc21. The Morgan fingerprint density at radius 2 is 1.71 bits per heavy atom. The van der Waals surface area contributed by atoms with E-state index < -0.39 is 12.1 Å². The minimum absolute atomic E-state index is 0.0233. The molecule has 0 atom stereocenters. The number of rotatable bonds is 4. The lowest BCUT2D eigenvalue weighted by molar-refractivity contribution is -0.192. The fourth-order valence-electron chi connectivity index (χ4n) is 4.18. The second-order valence-electron chi connectivity index (χ2n) is 8.80. The number of fused-ring (bicyclic) bond motifs is 1. The number of H-pyrrole nitrogens is 1. The number of benzene rings is 1. The number of carbonyl (C=O) groups excluding carboxylic acids is 2. The van der Waals surface area contributed by atoms with Gasteiger partial charge in [0, 0.05) is 60.8 Å². The zero-order valence-electron chi connectivity index (χ0n) is 20.2. The number of likely N-dealkylation sites (tertiary alicyclic amines) is 1. The van der Waals surface area contributed by atoms with Crippen LogP contribution in [-0.2, 0) is 16.0 Å². The number of carboxylic acids is 1. The van der Waals surface area contributed by atoms with E-state index in [-0.39, 0.29) is 11.8 Å². The van der Waals surface area contributed by atoms with Gasteiger partial charge < -0.3 is 20.3 Å². The quantitative estimate of drug-likeness (QED) is 0.439. The molecule has 0 saturated carbocycles. The Hall–Kier alpha value is -4.41. The van der Waals surface area contributed by atoms with Gasteiger partial charge in [0.25, 0.3) is 5.91 Å². The monoisotopic (exact) mass is 526 g/mol. The second kappa shape index (κ2) is 11.3. The van der Waals surface area contributed by atoms with Crippen LogP contribution in [0.1, 0.15) is 34.5 Å². The van der Waals surface area contributed by atoms with Crippen LogP contribution >= 0.6 is 0 Å². The van der Waals surface area contributed by atoms with Gasteiger partial charge in [-0.2, -0.15) is 13.2 Å². The Labute approximate surface area is 216 Å². The molecule has 11 heteroatoms. The van der Waals surface area contributed by atoms with Crippen LogP contribution in [0.15, 0.2) is 54.7 Å². The number of hydrogen-bond acceptors (Lipinski definition) is 4. The van der Waals surface area contributed by atoms with E-state index in [1.165, 1.54) is 0 Å². The average Bonchev–Trinajstić information content (AvgIpc) is 3.59. The highest BCUT2D eigenvalue weighted by atomic mass is 19.4. The second-order valence-corrected chi connectivity index (χ2v) is 8.80. The highest BCUT2D eigenvalue weighted by molar-refractivity contribution is 5.98. The van der Waals surface area contributed by atoms with Crippen molar-refractivity contribution in [1.29, 1.82) is 0 Å². The summed E-state index contributed by atoms with van der Waals surface area (Å²) in [5, 5.41) is 10.0. The first-order valence-electron chi connectivity index (χ1n) is 12.0. The van der Waals surface area contributed by atoms with Gasteiger partial charge >= 0.3 is 12.1 Å². The van der Waals surface area contributed by atoms with Crippen molar-refractivity contribution in [2.75, 3.05) is 19.6 Å². The zero-order chi connectivity index (χ0) is 27.3. The van der Waals surface area contributed by atoms with Gasteiger partial charge in [0.05, 0.1) is 11.3 Å². The molecule has 3 aromatic rings. The molecular weight excluding hydrogens is 501 g/mol. The maximum Gasteiger partial charge on any atom is 0.490 e. The van der Waals surface area contributed by atoms with Crippen LogP contribution in [0.4, 0.5) is 13.2 Å². The van der Waals surface area contributed by atoms with Crippen molar-refractivity contribution in [3.05, 3.63) is 71.6 Å². The molecule has 4 heterocycles. The van der Waals surface area contributed by atoms with Crippen LogP contribution in [0.2, 0.25) is 0 Å². The van der Waals surface area contributed by atoms with Crippen LogP contribution < -0.4 is 5.32 Å². The van der Waals surface area contributed by atoms with E-state index in [4.69, 9.17) is 9.90 Å². The number of amides is 2. The predicted molar refractivity (Wildman–Crippen MR) is 134 cm³/mol. The molecule has 0 radical (unpaired) electrons. The van der Waals surface area contributed by atoms with Crippen LogP contribution in [0, 0.1) is 0 Å². The number of aromatic amines is 1. The molecule has 2 aliphatic heterocycles. The van der Waals surface area contributed by atoms with Gasteiger partial charge in [-0.25, -0.2) is 4.79 Å². The first-order valence-corrected chi connectivity index (χ1v) is 12.0. The van der Waals surface area contributed by atoms with Gasteiger partial charge in [-0.1, -0.05) is 24.3 Å². The first kappa shape index (κ1) is 26.6. The molecule has 1 aromatic carbocycles. The van der Waals surface area contributed by atoms with Crippen molar-refractivity contribution < 1.29 is 32.7 Å². The average molecular weight is 527 g/mol. The van der Waals surface area contributed by atoms with E-state index in [1.807, 2.05) is 53.4 Å². The van der Waals surface area contributed by atoms with E-state index in [9.17, 15) is 22.8 Å². The van der Waals surface area contributed by atoms with Crippen molar-refractivity contribution in [3.63, 3.8) is 0 Å². The lowest BCUT2D eigenvalue weighted by atomic mass is 10.0. The molecule has 1 fully saturated rings. The molecule has 2 aromatic heterocycles. The molecule has 8 nitrogen and oxygen atoms in total. The number of aliphatic carboxylic acids is 1. The summed E-state index contributed by atoms with van der Waals surface area (Å²) in [6.07, 6.45) is 3.23. The standard InChI is InChI=1S/C25H24N4O2.C2HF3O2/c30-24(29-13-1-2-14-29)8-5-17-3-6-18(7-4-17)22-15-19(9-11-26-22)23-16-20-21(28-23)10-12-27-25(20)31;3-2(4,5)1(6)7/h3-9,11,15-16,28H,1-2,10,12-14H2,(H,27,31);(H,6,7)/b8-5+;. The third-order valence-corrected chi connectivity index (χ3v) is 6.16. The van der Waals surface area contributed by atoms with Gasteiger partial charge in [0.1, 0.15) is 0 Å². The third-order valence-electron chi connectivity index (χ3n) is 6.16. The first-order chi connectivity index (χ1) is 18.1. The zero-order valence-corrected chi connectivity index (χ0v) is 20.2. The van der Waals surface area contributed by atoms with Crippen molar-refractivity contribution in [1.82, 2.24) is 20.2 Å². The highest BCUT2D eigenvalue weighted by Crippen LogP contribution is 2.27. The minimum atomic E-state index is -5.08. The van der Waals surface area contributed by atoms with Crippen molar-refractivity contribution in [2.24, 2.45) is 0 Å². The molecule has 0 bridgehead atoms. The lowest BCUT2D eigenvalue weighted by Crippen LogP contribution is -2.31. The van der Waals surface area contributed by atoms with Gasteiger partial charge in [-0.3, -0.25) is 14.6 Å². The van der Waals surface area contributed by atoms with Crippen molar-refractivity contribution in [2.45, 2.75) is 25.4 Å². The summed E-state index contributed by atoms with van der Waals surface area (Å²) < 4.78 is 31.7. The van der Waals surface area contributed by atoms with Crippen LogP contribution in [0.5, 0.6) is 0 Å². The molecule has 2 amide bonds. The molecular formula is C27H25F3N4O4. The summed E-state index contributed by atoms with van der Waals surface area (Å²) >= 11 is 0. The molecule has 3 N–H and O–H groups in total. The van der Waals surface area contributed by atoms with Gasteiger partial charge in [-0.15, -0.1) is 0 Å². The van der Waals surface area contributed by atoms with Gasteiger partial charge in [0.2, 0.25) is 5.91 Å². The summed E-state index contributed by atoms with van der Waals surface area (Å²) in [6, 6.07) is 13.9. The fraction of sp³-hybridized carbons (Fsp3) is 0.259. The third kappa shape index (κ3) is 6.47. The molecule has 0 aliphatic carbocycles. The van der Waals surface area contributed by atoms with Crippen molar-refractivity contribution >= 4 is 23.9 Å². The Morgan fingerprint density at radius 1 is 1.03 bits per heavy atom. The van der Waals surface area contributed by atoms with E-state index in [0.29, 0.717) is 6.54 Å². The number of nitrogens with one attached hydrogen (secondary N) is 2. The van der Waals surface area contributed by atoms with E-state index >= 15 is 0 Å². The summed E-state index contributed by atoms with van der Waals surface area (Å²) in [7, 11) is 0. The number of carboxylic acid groups (broad SMARTS) is 1. The number of hydrogen-bond donors (Lipinski definition) is 3. The van der Waals surface area contributed by atoms with Gasteiger partial charge in [0.15, 0.2) is 0 Å². The van der Waals surface area contributed by atoms with E-state index in [2.05, 4.69) is 15.3 Å². The maximum atomic E-state index is 12.2. The van der Waals surface area contributed by atoms with Crippen molar-refractivity contribution in [3.8, 4) is 22.5 Å². The summed E-state index contributed by atoms with van der Waals surface area (Å²) in [5.74, 6) is -2.70. The Bertz CT molecular complexity index is 1360. The molecule has 0 spiro atoms. The summed E-state index contributed by atoms with van der Waals surface area (Å²) in [6.45, 7) is 2.38. The topological polar surface area (TPSA) is 115 Å². The molecule has 198 valence electrons. The Balaban J connectivity index is 0.000000426. The lowest BCUT2D eigenvalue weighted by Gasteiger charge is -2.11. The number of carbonyl (C=O) groups is 3. The number of pyridine rings is 1. The largest absolute Gasteiger partial charge is 0.490 e. The van der Waals surface area contributed by atoms with E-state index in [0.717, 1.165) is 71.7 Å². The Morgan fingerprint density at radius 3 is 2.34 bits per heavy atom. The highest BCUT2D eigenvalue weighted by Gasteiger charge is 2.38. The molecule has 0 unspecified atom stereocenters. The predicted octanol–water partition coefficient (Wildman–Crippen LogP) is 4.30. The number of alkyl halides is 3.